The highest BCUT2D eigenvalue weighted by molar-refractivity contribution is 7.91. The number of carbonyl (C=O) groups is 1. The van der Waals surface area contributed by atoms with Crippen LogP contribution >= 0.6 is 11.6 Å². The topological polar surface area (TPSA) is 96.4 Å². The Morgan fingerprint density at radius 3 is 2.17 bits per heavy atom. The van der Waals surface area contributed by atoms with E-state index in [9.17, 15) is 13.2 Å². The SMILES string of the molecule is O=C(c1ccc(S(=O)(=O)c2ccc(Cl)cc2)nc1)N1CCN(c2ncccn2)CC1. The smallest absolute Gasteiger partial charge is 0.255 e. The highest BCUT2D eigenvalue weighted by atomic mass is 35.5. The molecule has 0 spiro atoms. The van der Waals surface area contributed by atoms with Crippen LogP contribution < -0.4 is 4.90 Å². The maximum Gasteiger partial charge on any atom is 0.255 e. The first-order chi connectivity index (χ1) is 14.4. The van der Waals surface area contributed by atoms with Gasteiger partial charge in [-0.1, -0.05) is 11.6 Å². The Labute approximate surface area is 179 Å². The summed E-state index contributed by atoms with van der Waals surface area (Å²) in [6, 6.07) is 10.5. The fourth-order valence-corrected chi connectivity index (χ4v) is 4.45. The lowest BCUT2D eigenvalue weighted by Crippen LogP contribution is -2.49. The molecule has 1 amide bonds. The molecule has 0 aliphatic carbocycles. The number of halogens is 1. The molecule has 30 heavy (non-hydrogen) atoms. The van der Waals surface area contributed by atoms with Crippen LogP contribution in [0.1, 0.15) is 10.4 Å². The van der Waals surface area contributed by atoms with Gasteiger partial charge in [0.25, 0.3) is 5.91 Å². The fourth-order valence-electron chi connectivity index (χ4n) is 3.15. The van der Waals surface area contributed by atoms with Crippen molar-refractivity contribution in [2.24, 2.45) is 0 Å². The zero-order chi connectivity index (χ0) is 21.1. The van der Waals surface area contributed by atoms with Crippen molar-refractivity contribution in [1.29, 1.82) is 0 Å². The van der Waals surface area contributed by atoms with Crippen LogP contribution in [0.4, 0.5) is 5.95 Å². The summed E-state index contributed by atoms with van der Waals surface area (Å²) in [5, 5.41) is 0.328. The Hall–Kier alpha value is -3.04. The molecular formula is C20H18ClN5O3S. The Balaban J connectivity index is 1.44. The second kappa shape index (κ2) is 8.37. The van der Waals surface area contributed by atoms with E-state index in [4.69, 9.17) is 11.6 Å². The van der Waals surface area contributed by atoms with Crippen LogP contribution in [0.3, 0.4) is 0 Å². The summed E-state index contributed by atoms with van der Waals surface area (Å²) < 4.78 is 25.4. The molecule has 2 aromatic heterocycles. The van der Waals surface area contributed by atoms with Gasteiger partial charge in [-0.15, -0.1) is 0 Å². The van der Waals surface area contributed by atoms with E-state index < -0.39 is 9.84 Å². The van der Waals surface area contributed by atoms with E-state index in [0.29, 0.717) is 42.7 Å². The van der Waals surface area contributed by atoms with Crippen LogP contribution in [0.5, 0.6) is 0 Å². The van der Waals surface area contributed by atoms with E-state index in [2.05, 4.69) is 15.0 Å². The summed E-state index contributed by atoms with van der Waals surface area (Å²) >= 11 is 5.82. The van der Waals surface area contributed by atoms with E-state index in [1.165, 1.54) is 42.6 Å². The first kappa shape index (κ1) is 20.2. The number of anilines is 1. The monoisotopic (exact) mass is 443 g/mol. The second-order valence-corrected chi connectivity index (χ2v) is 9.00. The minimum Gasteiger partial charge on any atom is -0.337 e. The number of hydrogen-bond donors (Lipinski definition) is 0. The summed E-state index contributed by atoms with van der Waals surface area (Å²) in [4.78, 5) is 29.1. The molecule has 154 valence electrons. The highest BCUT2D eigenvalue weighted by Gasteiger charge is 2.25. The molecule has 4 rings (SSSR count). The molecule has 1 aliphatic rings. The van der Waals surface area contributed by atoms with Gasteiger partial charge in [-0.2, -0.15) is 0 Å². The molecule has 3 heterocycles. The second-order valence-electron chi connectivity index (χ2n) is 6.67. The largest absolute Gasteiger partial charge is 0.337 e. The first-order valence-electron chi connectivity index (χ1n) is 9.23. The Kier molecular flexibility index (Phi) is 5.65. The molecule has 3 aromatic rings. The van der Waals surface area contributed by atoms with E-state index in [-0.39, 0.29) is 15.8 Å². The molecular weight excluding hydrogens is 426 g/mol. The molecule has 8 nitrogen and oxygen atoms in total. The zero-order valence-electron chi connectivity index (χ0n) is 15.8. The van der Waals surface area contributed by atoms with E-state index in [1.807, 2.05) is 4.90 Å². The molecule has 1 saturated heterocycles. The molecule has 0 bridgehead atoms. The molecule has 1 fully saturated rings. The summed E-state index contributed by atoms with van der Waals surface area (Å²) in [7, 11) is -3.78. The number of nitrogens with zero attached hydrogens (tertiary/aromatic N) is 5. The lowest BCUT2D eigenvalue weighted by Gasteiger charge is -2.34. The van der Waals surface area contributed by atoms with Gasteiger partial charge in [-0.05, 0) is 42.5 Å². The quantitative estimate of drug-likeness (QED) is 0.610. The minimum atomic E-state index is -3.78. The third-order valence-electron chi connectivity index (χ3n) is 4.78. The normalized spacial score (nSPS) is 14.6. The summed E-state index contributed by atoms with van der Waals surface area (Å²) in [6.45, 7) is 2.27. The predicted molar refractivity (Wildman–Crippen MR) is 111 cm³/mol. The van der Waals surface area contributed by atoms with Gasteiger partial charge in [0.15, 0.2) is 5.03 Å². The van der Waals surface area contributed by atoms with Crippen LogP contribution in [-0.2, 0) is 9.84 Å². The summed E-state index contributed by atoms with van der Waals surface area (Å²) in [5.74, 6) is 0.453. The average Bonchev–Trinajstić information content (AvgIpc) is 2.80. The van der Waals surface area contributed by atoms with Gasteiger partial charge < -0.3 is 9.80 Å². The molecule has 0 saturated carbocycles. The third kappa shape index (κ3) is 4.12. The van der Waals surface area contributed by atoms with Gasteiger partial charge in [-0.25, -0.2) is 23.4 Å². The molecule has 0 radical (unpaired) electrons. The van der Waals surface area contributed by atoms with Crippen molar-refractivity contribution in [3.8, 4) is 0 Å². The fraction of sp³-hybridized carbons (Fsp3) is 0.200. The zero-order valence-corrected chi connectivity index (χ0v) is 17.4. The predicted octanol–water partition coefficient (Wildman–Crippen LogP) is 2.32. The third-order valence-corrected chi connectivity index (χ3v) is 6.72. The summed E-state index contributed by atoms with van der Waals surface area (Å²) in [6.07, 6.45) is 4.67. The van der Waals surface area contributed by atoms with Gasteiger partial charge in [0.2, 0.25) is 15.8 Å². The van der Waals surface area contributed by atoms with Crippen molar-refractivity contribution >= 4 is 33.3 Å². The maximum atomic E-state index is 12.8. The molecule has 10 heteroatoms. The van der Waals surface area contributed by atoms with Crippen LogP contribution in [0.15, 0.2) is 71.0 Å². The van der Waals surface area contributed by atoms with Crippen LogP contribution in [0, 0.1) is 0 Å². The van der Waals surface area contributed by atoms with Gasteiger partial charge in [0.1, 0.15) is 0 Å². The Bertz CT molecular complexity index is 1130. The van der Waals surface area contributed by atoms with Crippen LogP contribution in [0.2, 0.25) is 5.02 Å². The molecule has 0 N–H and O–H groups in total. The molecule has 0 unspecified atom stereocenters. The van der Waals surface area contributed by atoms with Gasteiger partial charge in [-0.3, -0.25) is 4.79 Å². The van der Waals surface area contributed by atoms with E-state index >= 15 is 0 Å². The van der Waals surface area contributed by atoms with Gasteiger partial charge >= 0.3 is 0 Å². The van der Waals surface area contributed by atoms with Crippen molar-refractivity contribution < 1.29 is 13.2 Å². The Morgan fingerprint density at radius 2 is 1.57 bits per heavy atom. The standard InChI is InChI=1S/C20H18ClN5O3S/c21-16-3-5-17(6-4-16)30(28,29)18-7-2-15(14-24-18)19(27)25-10-12-26(13-11-25)20-22-8-1-9-23-20/h1-9,14H,10-13H2. The van der Waals surface area contributed by atoms with Crippen molar-refractivity contribution in [2.45, 2.75) is 9.92 Å². The molecule has 1 aromatic carbocycles. The molecule has 0 atom stereocenters. The van der Waals surface area contributed by atoms with Crippen molar-refractivity contribution in [3.63, 3.8) is 0 Å². The number of hydrogen-bond acceptors (Lipinski definition) is 7. The van der Waals surface area contributed by atoms with Crippen molar-refractivity contribution in [2.75, 3.05) is 31.1 Å². The molecule has 1 aliphatic heterocycles. The minimum absolute atomic E-state index is 0.0951. The van der Waals surface area contributed by atoms with Crippen LogP contribution in [-0.4, -0.2) is 60.4 Å². The number of amides is 1. The number of piperazine rings is 1. The van der Waals surface area contributed by atoms with Crippen molar-refractivity contribution in [3.05, 3.63) is 71.6 Å². The van der Waals surface area contributed by atoms with Gasteiger partial charge in [0, 0.05) is 49.8 Å². The lowest BCUT2D eigenvalue weighted by atomic mass is 10.2. The van der Waals surface area contributed by atoms with E-state index in [0.717, 1.165) is 0 Å². The first-order valence-corrected chi connectivity index (χ1v) is 11.1. The van der Waals surface area contributed by atoms with Crippen molar-refractivity contribution in [1.82, 2.24) is 19.9 Å². The van der Waals surface area contributed by atoms with E-state index in [1.54, 1.807) is 23.4 Å². The Morgan fingerprint density at radius 1 is 0.900 bits per heavy atom. The van der Waals surface area contributed by atoms with Crippen LogP contribution in [0.25, 0.3) is 0 Å². The lowest BCUT2D eigenvalue weighted by molar-refractivity contribution is 0.0745. The average molecular weight is 444 g/mol. The maximum absolute atomic E-state index is 12.8. The summed E-state index contributed by atoms with van der Waals surface area (Å²) in [5.41, 5.74) is 0.342. The number of sulfone groups is 1. The number of aromatic nitrogens is 3. The number of carbonyl (C=O) groups excluding carboxylic acids is 1. The number of benzene rings is 1. The van der Waals surface area contributed by atoms with Gasteiger partial charge in [0.05, 0.1) is 10.5 Å². The number of pyridine rings is 1. The number of rotatable bonds is 4. The highest BCUT2D eigenvalue weighted by Crippen LogP contribution is 2.21.